The molecule has 0 saturated carbocycles. The molecule has 1 amide bonds. The van der Waals surface area contributed by atoms with Crippen LogP contribution in [0.25, 0.3) is 11.1 Å². The molecule has 0 aliphatic carbocycles. The van der Waals surface area contributed by atoms with E-state index in [4.69, 9.17) is 0 Å². The highest BCUT2D eigenvalue weighted by Gasteiger charge is 2.13. The number of amides is 1. The Morgan fingerprint density at radius 3 is 2.24 bits per heavy atom. The van der Waals surface area contributed by atoms with E-state index in [1.807, 2.05) is 19.2 Å². The Bertz CT molecular complexity index is 652. The van der Waals surface area contributed by atoms with Gasteiger partial charge in [0.15, 0.2) is 0 Å². The number of aromatic nitrogens is 1. The van der Waals surface area contributed by atoms with Gasteiger partial charge in [-0.2, -0.15) is 0 Å². The Morgan fingerprint density at radius 2 is 1.76 bits per heavy atom. The van der Waals surface area contributed by atoms with Gasteiger partial charge >= 0.3 is 0 Å². The van der Waals surface area contributed by atoms with Crippen molar-refractivity contribution >= 4 is 11.7 Å². The van der Waals surface area contributed by atoms with Crippen LogP contribution in [-0.2, 0) is 10.2 Å². The summed E-state index contributed by atoms with van der Waals surface area (Å²) in [6.45, 7) is 10.1. The van der Waals surface area contributed by atoms with E-state index in [1.165, 1.54) is 12.5 Å². The zero-order valence-electron chi connectivity index (χ0n) is 13.3. The normalized spacial score (nSPS) is 11.3. The molecule has 3 heteroatoms. The quantitative estimate of drug-likeness (QED) is 0.891. The van der Waals surface area contributed by atoms with Crippen molar-refractivity contribution in [3.05, 3.63) is 47.7 Å². The summed E-state index contributed by atoms with van der Waals surface area (Å²) in [4.78, 5) is 15.4. The van der Waals surface area contributed by atoms with Gasteiger partial charge in [0.2, 0.25) is 5.91 Å². The van der Waals surface area contributed by atoms with Crippen LogP contribution in [-0.4, -0.2) is 10.9 Å². The maximum Gasteiger partial charge on any atom is 0.222 e. The fourth-order valence-electron chi connectivity index (χ4n) is 2.26. The lowest BCUT2D eigenvalue weighted by Crippen LogP contribution is -2.10. The zero-order valence-corrected chi connectivity index (χ0v) is 13.3. The molecule has 2 rings (SSSR count). The van der Waals surface area contributed by atoms with E-state index < -0.39 is 0 Å². The second-order valence-corrected chi connectivity index (χ2v) is 6.39. The lowest BCUT2D eigenvalue weighted by molar-refractivity contribution is -0.114. The average molecular weight is 282 g/mol. The van der Waals surface area contributed by atoms with Crippen LogP contribution in [0.1, 0.15) is 38.8 Å². The van der Waals surface area contributed by atoms with Gasteiger partial charge in [-0.1, -0.05) is 45.0 Å². The summed E-state index contributed by atoms with van der Waals surface area (Å²) in [5.74, 6) is 0.485. The van der Waals surface area contributed by atoms with Gasteiger partial charge in [-0.25, -0.2) is 4.98 Å². The van der Waals surface area contributed by atoms with E-state index in [2.05, 4.69) is 55.3 Å². The predicted octanol–water partition coefficient (Wildman–Crippen LogP) is 4.31. The van der Waals surface area contributed by atoms with Crippen LogP contribution in [0.15, 0.2) is 36.5 Å². The van der Waals surface area contributed by atoms with Gasteiger partial charge in [-0.15, -0.1) is 0 Å². The molecule has 0 aliphatic rings. The molecular weight excluding hydrogens is 260 g/mol. The van der Waals surface area contributed by atoms with Crippen molar-refractivity contribution < 1.29 is 4.79 Å². The fraction of sp³-hybridized carbons (Fsp3) is 0.333. The van der Waals surface area contributed by atoms with Crippen LogP contribution >= 0.6 is 0 Å². The zero-order chi connectivity index (χ0) is 15.6. The Morgan fingerprint density at radius 1 is 1.14 bits per heavy atom. The van der Waals surface area contributed by atoms with Crippen LogP contribution in [0, 0.1) is 6.92 Å². The van der Waals surface area contributed by atoms with Crippen LogP contribution in [0.2, 0.25) is 0 Å². The Kier molecular flexibility index (Phi) is 4.12. The van der Waals surface area contributed by atoms with Crippen molar-refractivity contribution in [2.45, 2.75) is 40.0 Å². The van der Waals surface area contributed by atoms with Crippen molar-refractivity contribution in [3.63, 3.8) is 0 Å². The molecule has 0 fully saturated rings. The molecule has 1 heterocycles. The number of pyridine rings is 1. The molecule has 0 radical (unpaired) electrons. The number of carbonyl (C=O) groups excluding carboxylic acids is 1. The molecule has 110 valence electrons. The number of hydrogen-bond donors (Lipinski definition) is 1. The number of nitrogens with one attached hydrogen (secondary N) is 1. The van der Waals surface area contributed by atoms with Gasteiger partial charge in [0.05, 0.1) is 0 Å². The summed E-state index contributed by atoms with van der Waals surface area (Å²) in [6, 6.07) is 10.5. The first kappa shape index (κ1) is 15.2. The number of rotatable bonds is 2. The average Bonchev–Trinajstić information content (AvgIpc) is 2.37. The minimum Gasteiger partial charge on any atom is -0.311 e. The molecule has 0 atom stereocenters. The molecular formula is C18H22N2O. The number of hydrogen-bond acceptors (Lipinski definition) is 2. The Balaban J connectivity index is 2.32. The van der Waals surface area contributed by atoms with Crippen molar-refractivity contribution in [1.82, 2.24) is 4.98 Å². The lowest BCUT2D eigenvalue weighted by Gasteiger charge is -2.19. The number of aryl methyl sites for hydroxylation is 1. The maximum atomic E-state index is 11.1. The minimum atomic E-state index is -0.107. The summed E-state index contributed by atoms with van der Waals surface area (Å²) in [5, 5.41) is 2.70. The van der Waals surface area contributed by atoms with E-state index in [-0.39, 0.29) is 11.3 Å². The first-order valence-electron chi connectivity index (χ1n) is 7.12. The molecule has 0 aliphatic heterocycles. The fourth-order valence-corrected chi connectivity index (χ4v) is 2.26. The van der Waals surface area contributed by atoms with E-state index in [0.29, 0.717) is 5.82 Å². The molecule has 0 spiro atoms. The van der Waals surface area contributed by atoms with Crippen molar-refractivity contribution in [1.29, 1.82) is 0 Å². The van der Waals surface area contributed by atoms with Crippen LogP contribution in [0.3, 0.4) is 0 Å². The topological polar surface area (TPSA) is 42.0 Å². The van der Waals surface area contributed by atoms with Crippen LogP contribution < -0.4 is 5.32 Å². The van der Waals surface area contributed by atoms with Gasteiger partial charge in [-0.3, -0.25) is 4.79 Å². The SMILES string of the molecule is CC(=O)Nc1cc(C)c(-c2ccc(C(C)(C)C)cc2)cn1. The van der Waals surface area contributed by atoms with E-state index >= 15 is 0 Å². The number of anilines is 1. The molecule has 0 unspecified atom stereocenters. The summed E-state index contributed by atoms with van der Waals surface area (Å²) in [6.07, 6.45) is 1.81. The van der Waals surface area contributed by atoms with Crippen LogP contribution in [0.4, 0.5) is 5.82 Å². The van der Waals surface area contributed by atoms with Gasteiger partial charge < -0.3 is 5.32 Å². The molecule has 2 aromatic rings. The second kappa shape index (κ2) is 5.68. The molecule has 21 heavy (non-hydrogen) atoms. The molecule has 0 bridgehead atoms. The predicted molar refractivity (Wildman–Crippen MR) is 87.4 cm³/mol. The minimum absolute atomic E-state index is 0.107. The molecule has 1 aromatic heterocycles. The standard InChI is InChI=1S/C18H22N2O/c1-12-10-17(20-13(2)21)19-11-16(12)14-6-8-15(9-7-14)18(3,4)5/h6-11H,1-5H3,(H,19,20,21). The first-order valence-corrected chi connectivity index (χ1v) is 7.12. The van der Waals surface area contributed by atoms with Gasteiger partial charge in [0, 0.05) is 18.7 Å². The first-order chi connectivity index (χ1) is 9.77. The summed E-state index contributed by atoms with van der Waals surface area (Å²) < 4.78 is 0. The summed E-state index contributed by atoms with van der Waals surface area (Å²) in [5.41, 5.74) is 4.79. The van der Waals surface area contributed by atoms with Crippen molar-refractivity contribution in [2.24, 2.45) is 0 Å². The van der Waals surface area contributed by atoms with Crippen molar-refractivity contribution in [3.8, 4) is 11.1 Å². The third-order valence-corrected chi connectivity index (χ3v) is 3.48. The number of nitrogens with zero attached hydrogens (tertiary/aromatic N) is 1. The smallest absolute Gasteiger partial charge is 0.222 e. The number of carbonyl (C=O) groups is 1. The summed E-state index contributed by atoms with van der Waals surface area (Å²) >= 11 is 0. The van der Waals surface area contributed by atoms with Gasteiger partial charge in [-0.05, 0) is 35.1 Å². The second-order valence-electron chi connectivity index (χ2n) is 6.39. The van der Waals surface area contributed by atoms with Crippen LogP contribution in [0.5, 0.6) is 0 Å². The molecule has 3 nitrogen and oxygen atoms in total. The Hall–Kier alpha value is -2.16. The third-order valence-electron chi connectivity index (χ3n) is 3.48. The van der Waals surface area contributed by atoms with Gasteiger partial charge in [0.1, 0.15) is 5.82 Å². The molecule has 1 N–H and O–H groups in total. The largest absolute Gasteiger partial charge is 0.311 e. The highest BCUT2D eigenvalue weighted by atomic mass is 16.1. The van der Waals surface area contributed by atoms with E-state index in [0.717, 1.165) is 16.7 Å². The van der Waals surface area contributed by atoms with Gasteiger partial charge in [0.25, 0.3) is 0 Å². The van der Waals surface area contributed by atoms with Crippen molar-refractivity contribution in [2.75, 3.05) is 5.32 Å². The summed E-state index contributed by atoms with van der Waals surface area (Å²) in [7, 11) is 0. The number of benzene rings is 1. The third kappa shape index (κ3) is 3.69. The highest BCUT2D eigenvalue weighted by molar-refractivity contribution is 5.88. The molecule has 0 saturated heterocycles. The van der Waals surface area contributed by atoms with E-state index in [9.17, 15) is 4.79 Å². The monoisotopic (exact) mass is 282 g/mol. The lowest BCUT2D eigenvalue weighted by atomic mass is 9.86. The van der Waals surface area contributed by atoms with E-state index in [1.54, 1.807) is 0 Å². The Labute approximate surface area is 126 Å². The highest BCUT2D eigenvalue weighted by Crippen LogP contribution is 2.28. The maximum absolute atomic E-state index is 11.1. The molecule has 1 aromatic carbocycles.